The summed E-state index contributed by atoms with van der Waals surface area (Å²) in [7, 11) is 0. The first-order chi connectivity index (χ1) is 13.4. The zero-order valence-corrected chi connectivity index (χ0v) is 15.1. The number of primary amides is 1. The fraction of sp³-hybridized carbons (Fsp3) is 0.100. The van der Waals surface area contributed by atoms with E-state index in [9.17, 15) is 14.4 Å². The minimum Gasteiger partial charge on any atom is -0.452 e. The summed E-state index contributed by atoms with van der Waals surface area (Å²) in [5, 5.41) is 6.35. The second-order valence-electron chi connectivity index (χ2n) is 6.03. The molecule has 28 heavy (non-hydrogen) atoms. The molecule has 8 nitrogen and oxygen atoms in total. The number of hydrogen-bond acceptors (Lipinski definition) is 5. The van der Waals surface area contributed by atoms with Crippen molar-refractivity contribution in [3.63, 3.8) is 0 Å². The minimum absolute atomic E-state index is 0.194. The molecule has 142 valence electrons. The molecular formula is C20H18N4O4. The number of rotatable bonds is 5. The number of carbonyl (C=O) groups excluding carboxylic acids is 3. The van der Waals surface area contributed by atoms with Gasteiger partial charge in [-0.05, 0) is 19.1 Å². The van der Waals surface area contributed by atoms with E-state index in [4.69, 9.17) is 10.5 Å². The summed E-state index contributed by atoms with van der Waals surface area (Å²) in [6.07, 6.45) is 1.54. The molecule has 0 fully saturated rings. The summed E-state index contributed by atoms with van der Waals surface area (Å²) < 4.78 is 6.58. The van der Waals surface area contributed by atoms with Crippen LogP contribution >= 0.6 is 0 Å². The van der Waals surface area contributed by atoms with Crippen molar-refractivity contribution in [2.24, 2.45) is 5.73 Å². The monoisotopic (exact) mass is 378 g/mol. The van der Waals surface area contributed by atoms with Gasteiger partial charge in [0.2, 0.25) is 0 Å². The zero-order valence-electron chi connectivity index (χ0n) is 15.1. The largest absolute Gasteiger partial charge is 0.452 e. The number of benzene rings is 2. The number of esters is 1. The maximum atomic E-state index is 12.6. The van der Waals surface area contributed by atoms with Gasteiger partial charge < -0.3 is 10.5 Å². The molecule has 0 aliphatic rings. The summed E-state index contributed by atoms with van der Waals surface area (Å²) in [5.41, 5.74) is 8.04. The van der Waals surface area contributed by atoms with Crippen molar-refractivity contribution < 1.29 is 19.1 Å². The van der Waals surface area contributed by atoms with Gasteiger partial charge in [-0.3, -0.25) is 10.1 Å². The average Bonchev–Trinajstić information content (AvgIpc) is 3.12. The Bertz CT molecular complexity index is 1010. The van der Waals surface area contributed by atoms with E-state index in [0.29, 0.717) is 5.69 Å². The highest BCUT2D eigenvalue weighted by molar-refractivity contribution is 5.99. The summed E-state index contributed by atoms with van der Waals surface area (Å²) in [4.78, 5) is 34.8. The van der Waals surface area contributed by atoms with Gasteiger partial charge >= 0.3 is 12.0 Å². The minimum atomic E-state index is -1.02. The molecule has 0 spiro atoms. The quantitative estimate of drug-likeness (QED) is 0.660. The van der Waals surface area contributed by atoms with E-state index in [1.54, 1.807) is 10.9 Å². The van der Waals surface area contributed by atoms with Crippen LogP contribution in [0.15, 0.2) is 60.8 Å². The first kappa shape index (κ1) is 18.8. The highest BCUT2D eigenvalue weighted by Crippen LogP contribution is 2.25. The van der Waals surface area contributed by atoms with Gasteiger partial charge in [0.25, 0.3) is 5.91 Å². The fourth-order valence-corrected chi connectivity index (χ4v) is 2.54. The molecule has 0 aliphatic carbocycles. The third-order valence-corrected chi connectivity index (χ3v) is 3.88. The Morgan fingerprint density at radius 3 is 2.39 bits per heavy atom. The van der Waals surface area contributed by atoms with E-state index in [-0.39, 0.29) is 5.56 Å². The van der Waals surface area contributed by atoms with Crippen LogP contribution in [0.3, 0.4) is 0 Å². The molecule has 3 aromatic rings. The number of urea groups is 1. The zero-order chi connectivity index (χ0) is 20.1. The first-order valence-corrected chi connectivity index (χ1v) is 8.42. The summed E-state index contributed by atoms with van der Waals surface area (Å²) in [6, 6.07) is 15.8. The Kier molecular flexibility index (Phi) is 5.50. The molecule has 0 saturated carbocycles. The molecule has 3 amide bonds. The van der Waals surface area contributed by atoms with E-state index in [0.717, 1.165) is 16.8 Å². The van der Waals surface area contributed by atoms with Crippen LogP contribution < -0.4 is 11.1 Å². The summed E-state index contributed by atoms with van der Waals surface area (Å²) in [6.45, 7) is 1.32. The second kappa shape index (κ2) is 8.17. The van der Waals surface area contributed by atoms with Crippen molar-refractivity contribution in [2.45, 2.75) is 6.92 Å². The lowest BCUT2D eigenvalue weighted by Gasteiger charge is -2.05. The smallest absolute Gasteiger partial charge is 0.342 e. The summed E-state index contributed by atoms with van der Waals surface area (Å²) in [5.74, 6) is -1.55. The molecular weight excluding hydrogens is 360 g/mol. The van der Waals surface area contributed by atoms with Crippen molar-refractivity contribution in [1.29, 1.82) is 0 Å². The standard InChI is InChI=1S/C20H18N4O4/c1-13-7-9-14(10-8-13)18-16(19(26)28-12-17(25)22-20(21)27)11-24(23-18)15-5-3-2-4-6-15/h2-11H,12H2,1H3,(H3,21,22,25,27). The molecule has 0 radical (unpaired) electrons. The Morgan fingerprint density at radius 1 is 1.07 bits per heavy atom. The van der Waals surface area contributed by atoms with Crippen LogP contribution in [0.25, 0.3) is 16.9 Å². The molecule has 2 aromatic carbocycles. The Labute approximate surface area is 160 Å². The predicted molar refractivity (Wildman–Crippen MR) is 102 cm³/mol. The van der Waals surface area contributed by atoms with E-state index in [2.05, 4.69) is 5.10 Å². The van der Waals surface area contributed by atoms with Crippen LogP contribution in [0, 0.1) is 6.92 Å². The van der Waals surface area contributed by atoms with Crippen LogP contribution in [0.5, 0.6) is 0 Å². The van der Waals surface area contributed by atoms with Crippen molar-refractivity contribution >= 4 is 17.9 Å². The van der Waals surface area contributed by atoms with Crippen molar-refractivity contribution in [3.05, 3.63) is 71.9 Å². The SMILES string of the molecule is Cc1ccc(-c2nn(-c3ccccc3)cc2C(=O)OCC(=O)NC(N)=O)cc1. The van der Waals surface area contributed by atoms with Crippen LogP contribution in [-0.4, -0.2) is 34.3 Å². The number of carbonyl (C=O) groups is 3. The molecule has 1 aromatic heterocycles. The molecule has 8 heteroatoms. The molecule has 0 aliphatic heterocycles. The molecule has 0 bridgehead atoms. The number of aromatic nitrogens is 2. The Morgan fingerprint density at radius 2 is 1.75 bits per heavy atom. The number of ether oxygens (including phenoxy) is 1. The van der Waals surface area contributed by atoms with Crippen LogP contribution in [-0.2, 0) is 9.53 Å². The van der Waals surface area contributed by atoms with Gasteiger partial charge in [0.15, 0.2) is 6.61 Å². The van der Waals surface area contributed by atoms with Gasteiger partial charge in [-0.15, -0.1) is 0 Å². The van der Waals surface area contributed by atoms with Crippen molar-refractivity contribution in [2.75, 3.05) is 6.61 Å². The van der Waals surface area contributed by atoms with Gasteiger partial charge in [0.1, 0.15) is 11.3 Å². The fourth-order valence-electron chi connectivity index (χ4n) is 2.54. The molecule has 3 N–H and O–H groups in total. The van der Waals surface area contributed by atoms with Crippen LogP contribution in [0.2, 0.25) is 0 Å². The predicted octanol–water partition coefficient (Wildman–Crippen LogP) is 2.20. The molecule has 0 unspecified atom stereocenters. The lowest BCUT2D eigenvalue weighted by Crippen LogP contribution is -2.37. The van der Waals surface area contributed by atoms with Gasteiger partial charge in [0, 0.05) is 11.8 Å². The van der Waals surface area contributed by atoms with E-state index >= 15 is 0 Å². The topological polar surface area (TPSA) is 116 Å². The van der Waals surface area contributed by atoms with E-state index in [1.165, 1.54) is 0 Å². The number of aryl methyl sites for hydroxylation is 1. The number of nitrogens with two attached hydrogens (primary N) is 1. The van der Waals surface area contributed by atoms with E-state index in [1.807, 2.05) is 66.8 Å². The highest BCUT2D eigenvalue weighted by atomic mass is 16.5. The maximum Gasteiger partial charge on any atom is 0.342 e. The Balaban J connectivity index is 1.92. The lowest BCUT2D eigenvalue weighted by atomic mass is 10.1. The normalized spacial score (nSPS) is 10.3. The van der Waals surface area contributed by atoms with Crippen LogP contribution in [0.4, 0.5) is 4.79 Å². The lowest BCUT2D eigenvalue weighted by molar-refractivity contribution is -0.123. The van der Waals surface area contributed by atoms with Gasteiger partial charge in [-0.1, -0.05) is 48.0 Å². The highest BCUT2D eigenvalue weighted by Gasteiger charge is 2.21. The van der Waals surface area contributed by atoms with Gasteiger partial charge in [0.05, 0.1) is 5.69 Å². The van der Waals surface area contributed by atoms with Crippen LogP contribution in [0.1, 0.15) is 15.9 Å². The summed E-state index contributed by atoms with van der Waals surface area (Å²) >= 11 is 0. The van der Waals surface area contributed by atoms with Crippen molar-refractivity contribution in [1.82, 2.24) is 15.1 Å². The number of hydrogen-bond donors (Lipinski definition) is 2. The number of amides is 3. The molecule has 0 saturated heterocycles. The molecule has 0 atom stereocenters. The molecule has 1 heterocycles. The first-order valence-electron chi connectivity index (χ1n) is 8.42. The maximum absolute atomic E-state index is 12.6. The second-order valence-corrected chi connectivity index (χ2v) is 6.03. The number of imide groups is 1. The van der Waals surface area contributed by atoms with Gasteiger partial charge in [-0.2, -0.15) is 5.10 Å². The number of nitrogens with one attached hydrogen (secondary N) is 1. The molecule has 3 rings (SSSR count). The Hall–Kier alpha value is -3.94. The number of nitrogens with zero attached hydrogens (tertiary/aromatic N) is 2. The number of para-hydroxylation sites is 1. The van der Waals surface area contributed by atoms with E-state index < -0.39 is 24.5 Å². The van der Waals surface area contributed by atoms with Gasteiger partial charge in [-0.25, -0.2) is 14.3 Å². The average molecular weight is 378 g/mol. The van der Waals surface area contributed by atoms with Crippen molar-refractivity contribution in [3.8, 4) is 16.9 Å². The third kappa shape index (κ3) is 4.42. The third-order valence-electron chi connectivity index (χ3n) is 3.88.